The average Bonchev–Trinajstić information content (AvgIpc) is 2.64. The number of carbonyl (C=O) groups is 2. The van der Waals surface area contributed by atoms with Crippen molar-refractivity contribution < 1.29 is 14.3 Å². The first-order chi connectivity index (χ1) is 9.51. The van der Waals surface area contributed by atoms with Crippen molar-refractivity contribution in [2.24, 2.45) is 0 Å². The first kappa shape index (κ1) is 13.9. The Hall–Kier alpha value is -2.48. The fourth-order valence-electron chi connectivity index (χ4n) is 2.21. The van der Waals surface area contributed by atoms with Gasteiger partial charge in [0.15, 0.2) is 0 Å². The number of carbonyl (C=O) groups excluding carboxylic acids is 2. The normalized spacial score (nSPS) is 15.4. The Morgan fingerprint density at radius 3 is 2.25 bits per heavy atom. The second kappa shape index (κ2) is 5.25. The Labute approximate surface area is 118 Å². The SMILES string of the molecule is CC#Cc1ccc(C2C(=O)N(C)N(C)C2=O)c(OC)c1. The van der Waals surface area contributed by atoms with Gasteiger partial charge in [0.2, 0.25) is 0 Å². The Balaban J connectivity index is 2.49. The van der Waals surface area contributed by atoms with Gasteiger partial charge in [0.1, 0.15) is 11.7 Å². The average molecular weight is 272 g/mol. The molecule has 0 aromatic heterocycles. The molecule has 5 nitrogen and oxygen atoms in total. The van der Waals surface area contributed by atoms with Gasteiger partial charge in [-0.3, -0.25) is 19.6 Å². The number of nitrogens with zero attached hydrogens (tertiary/aromatic N) is 2. The zero-order chi connectivity index (χ0) is 14.9. The maximum absolute atomic E-state index is 12.2. The van der Waals surface area contributed by atoms with Gasteiger partial charge in [-0.2, -0.15) is 0 Å². The first-order valence-electron chi connectivity index (χ1n) is 6.17. The van der Waals surface area contributed by atoms with E-state index in [0.717, 1.165) is 5.56 Å². The van der Waals surface area contributed by atoms with Gasteiger partial charge in [0.25, 0.3) is 11.8 Å². The molecule has 1 saturated heterocycles. The van der Waals surface area contributed by atoms with E-state index in [2.05, 4.69) is 11.8 Å². The lowest BCUT2D eigenvalue weighted by Crippen LogP contribution is -2.33. The summed E-state index contributed by atoms with van der Waals surface area (Å²) in [5.41, 5.74) is 1.35. The van der Waals surface area contributed by atoms with Crippen molar-refractivity contribution in [1.29, 1.82) is 0 Å². The molecular formula is C15H16N2O3. The summed E-state index contributed by atoms with van der Waals surface area (Å²) in [5.74, 6) is 4.86. The molecule has 1 fully saturated rings. The number of hydrazine groups is 1. The largest absolute Gasteiger partial charge is 0.496 e. The molecule has 1 aliphatic heterocycles. The number of likely N-dealkylation sites (N-methyl/N-ethyl adjacent to an activating group) is 2. The van der Waals surface area contributed by atoms with Crippen molar-refractivity contribution in [3.63, 3.8) is 0 Å². The van der Waals surface area contributed by atoms with E-state index in [0.29, 0.717) is 11.3 Å². The second-order valence-corrected chi connectivity index (χ2v) is 4.49. The van der Waals surface area contributed by atoms with Crippen LogP contribution in [0.5, 0.6) is 5.75 Å². The number of ether oxygens (including phenoxy) is 1. The molecule has 1 heterocycles. The summed E-state index contributed by atoms with van der Waals surface area (Å²) in [6.45, 7) is 1.74. The lowest BCUT2D eigenvalue weighted by Gasteiger charge is -2.17. The zero-order valence-electron chi connectivity index (χ0n) is 11.9. The highest BCUT2D eigenvalue weighted by Crippen LogP contribution is 2.33. The Morgan fingerprint density at radius 1 is 1.15 bits per heavy atom. The number of methoxy groups -OCH3 is 1. The molecule has 0 saturated carbocycles. The molecule has 2 amide bonds. The molecule has 0 aliphatic carbocycles. The third kappa shape index (κ3) is 2.10. The molecule has 20 heavy (non-hydrogen) atoms. The zero-order valence-corrected chi connectivity index (χ0v) is 11.9. The van der Waals surface area contributed by atoms with Crippen LogP contribution in [0.3, 0.4) is 0 Å². The number of hydrogen-bond acceptors (Lipinski definition) is 3. The van der Waals surface area contributed by atoms with Gasteiger partial charge in [-0.25, -0.2) is 0 Å². The van der Waals surface area contributed by atoms with Crippen molar-refractivity contribution in [3.8, 4) is 17.6 Å². The highest BCUT2D eigenvalue weighted by molar-refractivity contribution is 6.10. The molecule has 0 radical (unpaired) electrons. The van der Waals surface area contributed by atoms with E-state index in [9.17, 15) is 9.59 Å². The van der Waals surface area contributed by atoms with Gasteiger partial charge in [0.05, 0.1) is 7.11 Å². The molecule has 1 aliphatic rings. The van der Waals surface area contributed by atoms with Gasteiger partial charge in [-0.05, 0) is 19.1 Å². The van der Waals surface area contributed by atoms with E-state index in [1.165, 1.54) is 17.1 Å². The summed E-state index contributed by atoms with van der Waals surface area (Å²) in [4.78, 5) is 24.4. The summed E-state index contributed by atoms with van der Waals surface area (Å²) in [7, 11) is 4.66. The Bertz CT molecular complexity index is 608. The van der Waals surface area contributed by atoms with E-state index in [4.69, 9.17) is 4.74 Å². The van der Waals surface area contributed by atoms with Crippen LogP contribution >= 0.6 is 0 Å². The smallest absolute Gasteiger partial charge is 0.258 e. The van der Waals surface area contributed by atoms with Crippen LogP contribution in [0.1, 0.15) is 24.0 Å². The lowest BCUT2D eigenvalue weighted by molar-refractivity contribution is -0.141. The summed E-state index contributed by atoms with van der Waals surface area (Å²) >= 11 is 0. The van der Waals surface area contributed by atoms with Gasteiger partial charge in [-0.15, -0.1) is 5.92 Å². The Morgan fingerprint density at radius 2 is 1.75 bits per heavy atom. The van der Waals surface area contributed by atoms with Crippen molar-refractivity contribution in [2.45, 2.75) is 12.8 Å². The number of rotatable bonds is 2. The maximum atomic E-state index is 12.2. The van der Waals surface area contributed by atoms with Crippen LogP contribution in [-0.2, 0) is 9.59 Å². The fourth-order valence-corrected chi connectivity index (χ4v) is 2.21. The van der Waals surface area contributed by atoms with Crippen LogP contribution in [0.25, 0.3) is 0 Å². The van der Waals surface area contributed by atoms with Crippen molar-refractivity contribution in [3.05, 3.63) is 29.3 Å². The second-order valence-electron chi connectivity index (χ2n) is 4.49. The molecule has 0 spiro atoms. The minimum absolute atomic E-state index is 0.259. The molecule has 0 unspecified atom stereocenters. The van der Waals surface area contributed by atoms with Crippen LogP contribution < -0.4 is 4.74 Å². The summed E-state index contributed by atoms with van der Waals surface area (Å²) in [6, 6.07) is 5.25. The summed E-state index contributed by atoms with van der Waals surface area (Å²) in [6.07, 6.45) is 0. The van der Waals surface area contributed by atoms with Crippen molar-refractivity contribution >= 4 is 11.8 Å². The number of benzene rings is 1. The van der Waals surface area contributed by atoms with E-state index in [-0.39, 0.29) is 11.8 Å². The highest BCUT2D eigenvalue weighted by atomic mass is 16.5. The number of hydrogen-bond donors (Lipinski definition) is 0. The fraction of sp³-hybridized carbons (Fsp3) is 0.333. The quantitative estimate of drug-likeness (QED) is 0.596. The minimum atomic E-state index is -0.844. The van der Waals surface area contributed by atoms with E-state index < -0.39 is 5.92 Å². The van der Waals surface area contributed by atoms with Gasteiger partial charge in [0, 0.05) is 25.2 Å². The van der Waals surface area contributed by atoms with Gasteiger partial charge >= 0.3 is 0 Å². The van der Waals surface area contributed by atoms with Crippen molar-refractivity contribution in [2.75, 3.05) is 21.2 Å². The van der Waals surface area contributed by atoms with E-state index in [1.807, 2.05) is 0 Å². The van der Waals surface area contributed by atoms with Crippen LogP contribution in [0.15, 0.2) is 18.2 Å². The van der Waals surface area contributed by atoms with E-state index >= 15 is 0 Å². The van der Waals surface area contributed by atoms with Crippen molar-refractivity contribution in [1.82, 2.24) is 10.0 Å². The van der Waals surface area contributed by atoms with Crippen LogP contribution in [0, 0.1) is 11.8 Å². The third-order valence-electron chi connectivity index (χ3n) is 3.40. The van der Waals surface area contributed by atoms with Gasteiger partial charge < -0.3 is 4.74 Å². The predicted octanol–water partition coefficient (Wildman–Crippen LogP) is 0.996. The molecule has 0 bridgehead atoms. The molecular weight excluding hydrogens is 256 g/mol. The van der Waals surface area contributed by atoms with Crippen LogP contribution in [0.4, 0.5) is 0 Å². The van der Waals surface area contributed by atoms with Crippen LogP contribution in [0.2, 0.25) is 0 Å². The molecule has 1 aromatic rings. The summed E-state index contributed by atoms with van der Waals surface area (Å²) < 4.78 is 5.30. The molecule has 1 aromatic carbocycles. The third-order valence-corrected chi connectivity index (χ3v) is 3.40. The molecule has 0 N–H and O–H groups in total. The first-order valence-corrected chi connectivity index (χ1v) is 6.17. The minimum Gasteiger partial charge on any atom is -0.496 e. The molecule has 5 heteroatoms. The van der Waals surface area contributed by atoms with Gasteiger partial charge in [-0.1, -0.05) is 12.0 Å². The molecule has 104 valence electrons. The standard InChI is InChI=1S/C15H16N2O3/c1-5-6-10-7-8-11(12(9-10)20-4)13-14(18)16(2)17(3)15(13)19/h7-9,13H,1-4H3. The predicted molar refractivity (Wildman–Crippen MR) is 73.8 cm³/mol. The summed E-state index contributed by atoms with van der Waals surface area (Å²) in [5, 5.41) is 2.62. The Kier molecular flexibility index (Phi) is 3.66. The van der Waals surface area contributed by atoms with Crippen LogP contribution in [-0.4, -0.2) is 43.0 Å². The van der Waals surface area contributed by atoms with E-state index in [1.54, 1.807) is 39.2 Å². The maximum Gasteiger partial charge on any atom is 0.258 e. The highest BCUT2D eigenvalue weighted by Gasteiger charge is 2.44. The number of amides is 2. The molecule has 2 rings (SSSR count). The lowest BCUT2D eigenvalue weighted by atomic mass is 9.96. The molecule has 0 atom stereocenters. The monoisotopic (exact) mass is 272 g/mol. The topological polar surface area (TPSA) is 49.9 Å².